The molecule has 0 bridgehead atoms. The summed E-state index contributed by atoms with van der Waals surface area (Å²) < 4.78 is 10.9. The van der Waals surface area contributed by atoms with Crippen molar-refractivity contribution in [1.82, 2.24) is 0 Å². The highest BCUT2D eigenvalue weighted by Crippen LogP contribution is 2.27. The van der Waals surface area contributed by atoms with Gasteiger partial charge in [0.05, 0.1) is 24.3 Å². The number of rotatable bonds is 10. The molecular formula is C26H42O4. The number of hydrogen-bond donors (Lipinski definition) is 0. The lowest BCUT2D eigenvalue weighted by Crippen LogP contribution is -2.18. The zero-order valence-corrected chi connectivity index (χ0v) is 20.3. The third-order valence-corrected chi connectivity index (χ3v) is 4.98. The van der Waals surface area contributed by atoms with E-state index in [1.165, 1.54) is 0 Å². The van der Waals surface area contributed by atoms with Crippen LogP contribution in [0.15, 0.2) is 24.3 Å². The van der Waals surface area contributed by atoms with E-state index in [0.29, 0.717) is 25.0 Å². The van der Waals surface area contributed by atoms with Crippen LogP contribution in [0.5, 0.6) is 0 Å². The largest absolute Gasteiger partial charge is 0.462 e. The lowest BCUT2D eigenvalue weighted by molar-refractivity contribution is 0.0430. The van der Waals surface area contributed by atoms with E-state index in [2.05, 4.69) is 55.4 Å². The molecule has 30 heavy (non-hydrogen) atoms. The van der Waals surface area contributed by atoms with Crippen LogP contribution in [-0.2, 0) is 9.47 Å². The van der Waals surface area contributed by atoms with Gasteiger partial charge in [-0.2, -0.15) is 0 Å². The molecule has 0 amide bonds. The van der Waals surface area contributed by atoms with E-state index < -0.39 is 11.9 Å². The predicted octanol–water partition coefficient (Wildman–Crippen LogP) is 6.93. The van der Waals surface area contributed by atoms with Gasteiger partial charge in [-0.1, -0.05) is 67.5 Å². The molecule has 2 atom stereocenters. The Hall–Kier alpha value is -1.84. The fourth-order valence-corrected chi connectivity index (χ4v) is 4.00. The summed E-state index contributed by atoms with van der Waals surface area (Å²) in [7, 11) is 0. The Labute approximate surface area is 183 Å². The average molecular weight is 419 g/mol. The molecule has 0 saturated heterocycles. The second-order valence-corrected chi connectivity index (χ2v) is 11.1. The van der Waals surface area contributed by atoms with E-state index in [9.17, 15) is 9.59 Å². The van der Waals surface area contributed by atoms with Gasteiger partial charge >= 0.3 is 11.9 Å². The molecule has 1 aromatic rings. The summed E-state index contributed by atoms with van der Waals surface area (Å²) >= 11 is 0. The molecule has 0 spiro atoms. The summed E-state index contributed by atoms with van der Waals surface area (Å²) in [6.45, 7) is 18.3. The normalized spacial score (nSPS) is 14.1. The molecule has 0 saturated carbocycles. The maximum Gasteiger partial charge on any atom is 0.339 e. The van der Waals surface area contributed by atoms with Gasteiger partial charge < -0.3 is 9.47 Å². The van der Waals surface area contributed by atoms with Gasteiger partial charge in [0, 0.05) is 0 Å². The molecular weight excluding hydrogens is 376 g/mol. The molecule has 0 radical (unpaired) electrons. The van der Waals surface area contributed by atoms with E-state index in [-0.39, 0.29) is 22.0 Å². The summed E-state index contributed by atoms with van der Waals surface area (Å²) in [5, 5.41) is 0. The summed E-state index contributed by atoms with van der Waals surface area (Å²) in [4.78, 5) is 25.1. The fraction of sp³-hybridized carbons (Fsp3) is 0.692. The van der Waals surface area contributed by atoms with Crippen LogP contribution in [-0.4, -0.2) is 25.2 Å². The van der Waals surface area contributed by atoms with Gasteiger partial charge in [-0.25, -0.2) is 9.59 Å². The molecule has 0 aliphatic heterocycles. The van der Waals surface area contributed by atoms with Crippen molar-refractivity contribution in [1.29, 1.82) is 0 Å². The van der Waals surface area contributed by atoms with E-state index in [1.54, 1.807) is 24.3 Å². The van der Waals surface area contributed by atoms with E-state index in [0.717, 1.165) is 25.7 Å². The first-order chi connectivity index (χ1) is 13.8. The topological polar surface area (TPSA) is 52.6 Å². The molecule has 0 N–H and O–H groups in total. The van der Waals surface area contributed by atoms with Crippen LogP contribution in [0.1, 0.15) is 102 Å². The monoisotopic (exact) mass is 418 g/mol. The van der Waals surface area contributed by atoms with Crippen LogP contribution in [0.25, 0.3) is 0 Å². The minimum Gasteiger partial charge on any atom is -0.462 e. The average Bonchev–Trinajstić information content (AvgIpc) is 2.58. The van der Waals surface area contributed by atoms with Gasteiger partial charge in [0.2, 0.25) is 0 Å². The van der Waals surface area contributed by atoms with Crippen molar-refractivity contribution in [2.75, 3.05) is 13.2 Å². The van der Waals surface area contributed by atoms with E-state index in [1.807, 2.05) is 0 Å². The number of esters is 2. The predicted molar refractivity (Wildman–Crippen MR) is 123 cm³/mol. The zero-order chi connectivity index (χ0) is 22.9. The van der Waals surface area contributed by atoms with Crippen molar-refractivity contribution in [2.24, 2.45) is 22.7 Å². The highest BCUT2D eigenvalue weighted by Gasteiger charge is 2.21. The maximum absolute atomic E-state index is 12.5. The first-order valence-corrected chi connectivity index (χ1v) is 11.2. The summed E-state index contributed by atoms with van der Waals surface area (Å²) in [6.07, 6.45) is 3.75. The Morgan fingerprint density at radius 1 is 0.733 bits per heavy atom. The van der Waals surface area contributed by atoms with Crippen LogP contribution < -0.4 is 0 Å². The number of ether oxygens (including phenoxy) is 2. The molecule has 0 aliphatic carbocycles. The number of carbonyl (C=O) groups is 2. The van der Waals surface area contributed by atoms with Gasteiger partial charge in [0.25, 0.3) is 0 Å². The molecule has 1 aromatic carbocycles. The lowest BCUT2D eigenvalue weighted by Gasteiger charge is -2.23. The molecule has 0 fully saturated rings. The summed E-state index contributed by atoms with van der Waals surface area (Å²) in [6, 6.07) is 6.72. The van der Waals surface area contributed by atoms with Gasteiger partial charge in [0.1, 0.15) is 0 Å². The molecule has 0 unspecified atom stereocenters. The van der Waals surface area contributed by atoms with E-state index in [4.69, 9.17) is 9.47 Å². The molecule has 4 nitrogen and oxygen atoms in total. The molecule has 0 heterocycles. The lowest BCUT2D eigenvalue weighted by atomic mass is 9.84. The van der Waals surface area contributed by atoms with Crippen molar-refractivity contribution in [3.63, 3.8) is 0 Å². The standard InChI is InChI=1S/C26H42O4/c1-19(17-25(3,4)5)13-15-29-23(27)21-11-9-10-12-22(21)24(28)30-16-14-20(2)18-26(6,7)8/h9-12,19-20H,13-18H2,1-8H3/t19-,20-/m1/s1. The van der Waals surface area contributed by atoms with Crippen molar-refractivity contribution < 1.29 is 19.1 Å². The zero-order valence-electron chi connectivity index (χ0n) is 20.3. The second kappa shape index (κ2) is 11.5. The molecule has 170 valence electrons. The Balaban J connectivity index is 2.58. The Kier molecular flexibility index (Phi) is 10.1. The summed E-state index contributed by atoms with van der Waals surface area (Å²) in [5.74, 6) is -0.000544. The van der Waals surface area contributed by atoms with Crippen molar-refractivity contribution in [3.8, 4) is 0 Å². The highest BCUT2D eigenvalue weighted by molar-refractivity contribution is 6.03. The first kappa shape index (κ1) is 26.2. The summed E-state index contributed by atoms with van der Waals surface area (Å²) in [5.41, 5.74) is 1.05. The van der Waals surface area contributed by atoms with Crippen LogP contribution in [0.3, 0.4) is 0 Å². The number of carbonyl (C=O) groups excluding carboxylic acids is 2. The molecule has 0 aromatic heterocycles. The third kappa shape index (κ3) is 10.8. The van der Waals surface area contributed by atoms with Crippen molar-refractivity contribution >= 4 is 11.9 Å². The fourth-order valence-electron chi connectivity index (χ4n) is 4.00. The van der Waals surface area contributed by atoms with Crippen LogP contribution >= 0.6 is 0 Å². The van der Waals surface area contributed by atoms with Crippen molar-refractivity contribution in [2.45, 2.75) is 81.1 Å². The van der Waals surface area contributed by atoms with Crippen LogP contribution in [0.4, 0.5) is 0 Å². The highest BCUT2D eigenvalue weighted by atomic mass is 16.5. The first-order valence-electron chi connectivity index (χ1n) is 11.2. The second-order valence-electron chi connectivity index (χ2n) is 11.1. The number of hydrogen-bond acceptors (Lipinski definition) is 4. The van der Waals surface area contributed by atoms with Crippen LogP contribution in [0.2, 0.25) is 0 Å². The minimum atomic E-state index is -0.466. The molecule has 1 rings (SSSR count). The maximum atomic E-state index is 12.5. The van der Waals surface area contributed by atoms with Crippen LogP contribution in [0, 0.1) is 22.7 Å². The van der Waals surface area contributed by atoms with E-state index >= 15 is 0 Å². The van der Waals surface area contributed by atoms with Crippen molar-refractivity contribution in [3.05, 3.63) is 35.4 Å². The smallest absolute Gasteiger partial charge is 0.339 e. The Bertz CT molecular complexity index is 620. The minimum absolute atomic E-state index is 0.254. The van der Waals surface area contributed by atoms with Gasteiger partial charge in [0.15, 0.2) is 0 Å². The molecule has 0 aliphatic rings. The Morgan fingerprint density at radius 2 is 1.07 bits per heavy atom. The quantitative estimate of drug-likeness (QED) is 0.387. The van der Waals surface area contributed by atoms with Gasteiger partial charge in [-0.15, -0.1) is 0 Å². The Morgan fingerprint density at radius 3 is 1.37 bits per heavy atom. The molecule has 4 heteroatoms. The number of benzene rings is 1. The van der Waals surface area contributed by atoms with Gasteiger partial charge in [-0.3, -0.25) is 0 Å². The van der Waals surface area contributed by atoms with Gasteiger partial charge in [-0.05, 0) is 60.5 Å². The SMILES string of the molecule is C[C@H](CCOC(=O)c1ccccc1C(=O)OCC[C@@H](C)CC(C)(C)C)CC(C)(C)C. The third-order valence-electron chi connectivity index (χ3n) is 4.98.